The van der Waals surface area contributed by atoms with Gasteiger partial charge in [-0.2, -0.15) is 0 Å². The van der Waals surface area contributed by atoms with E-state index < -0.39 is 0 Å². The molecule has 0 unspecified atom stereocenters. The smallest absolute Gasteiger partial charge is 0.0478 e. The predicted molar refractivity (Wildman–Crippen MR) is 132 cm³/mol. The van der Waals surface area contributed by atoms with Crippen molar-refractivity contribution in [3.8, 4) is 0 Å². The van der Waals surface area contributed by atoms with Crippen LogP contribution in [0.4, 0.5) is 0 Å². The maximum absolute atomic E-state index is 5.69. The summed E-state index contributed by atoms with van der Waals surface area (Å²) in [6, 6.07) is 0. The summed E-state index contributed by atoms with van der Waals surface area (Å²) in [5.41, 5.74) is 0. The Hall–Kier alpha value is -0.0800. The molecule has 0 spiro atoms. The fourth-order valence-corrected chi connectivity index (χ4v) is 4.04. The molecule has 176 valence electrons. The highest BCUT2D eigenvalue weighted by atomic mass is 16.5. The van der Waals surface area contributed by atoms with Crippen molar-refractivity contribution in [2.75, 3.05) is 33.9 Å². The SMILES string of the molecule is CCCCCCCCCCCCCCCCCCCCCCOCCCN(C)C. The molecule has 2 heteroatoms. The molecule has 2 nitrogen and oxygen atoms in total. The molecule has 0 N–H and O–H groups in total. The van der Waals surface area contributed by atoms with Gasteiger partial charge in [-0.25, -0.2) is 0 Å². The highest BCUT2D eigenvalue weighted by Gasteiger charge is 1.96. The van der Waals surface area contributed by atoms with Crippen LogP contribution in [0, 0.1) is 0 Å². The minimum atomic E-state index is 0.928. The van der Waals surface area contributed by atoms with Gasteiger partial charge in [0.2, 0.25) is 0 Å². The van der Waals surface area contributed by atoms with Crippen molar-refractivity contribution < 1.29 is 4.74 Å². The topological polar surface area (TPSA) is 12.5 Å². The van der Waals surface area contributed by atoms with E-state index in [1.54, 1.807) is 0 Å². The second kappa shape index (κ2) is 26.0. The normalized spacial score (nSPS) is 11.6. The molecule has 0 amide bonds. The molecular weight excluding hydrogens is 354 g/mol. The van der Waals surface area contributed by atoms with E-state index in [0.29, 0.717) is 0 Å². The molecule has 0 aliphatic carbocycles. The lowest BCUT2D eigenvalue weighted by Crippen LogP contribution is -2.14. The van der Waals surface area contributed by atoms with Crippen molar-refractivity contribution in [1.29, 1.82) is 0 Å². The standard InChI is InChI=1S/C27H57NO/c1-4-5-6-7-8-9-10-11-12-13-14-15-16-17-18-19-20-21-22-23-26-29-27-24-25-28(2)3/h4-27H2,1-3H3. The average molecular weight is 412 g/mol. The van der Waals surface area contributed by atoms with E-state index in [4.69, 9.17) is 4.74 Å². The molecule has 0 saturated carbocycles. The van der Waals surface area contributed by atoms with E-state index >= 15 is 0 Å². The maximum Gasteiger partial charge on any atom is 0.0478 e. The third-order valence-corrected chi connectivity index (χ3v) is 6.04. The van der Waals surface area contributed by atoms with Crippen LogP contribution in [0.25, 0.3) is 0 Å². The summed E-state index contributed by atoms with van der Waals surface area (Å²) < 4.78 is 5.69. The molecule has 0 aromatic heterocycles. The van der Waals surface area contributed by atoms with E-state index in [2.05, 4.69) is 25.9 Å². The zero-order chi connectivity index (χ0) is 21.3. The van der Waals surface area contributed by atoms with Gasteiger partial charge in [0.1, 0.15) is 0 Å². The quantitative estimate of drug-likeness (QED) is 0.139. The summed E-state index contributed by atoms with van der Waals surface area (Å²) in [5, 5.41) is 0. The van der Waals surface area contributed by atoms with Gasteiger partial charge in [0.05, 0.1) is 0 Å². The lowest BCUT2D eigenvalue weighted by Gasteiger charge is -2.09. The van der Waals surface area contributed by atoms with E-state index in [9.17, 15) is 0 Å². The molecule has 0 aromatic carbocycles. The van der Waals surface area contributed by atoms with Gasteiger partial charge in [-0.05, 0) is 33.5 Å². The minimum absolute atomic E-state index is 0.928. The first-order valence-corrected chi connectivity index (χ1v) is 13.5. The van der Waals surface area contributed by atoms with Crippen LogP contribution < -0.4 is 0 Å². The Kier molecular flexibility index (Phi) is 25.9. The Morgan fingerprint density at radius 3 is 1.07 bits per heavy atom. The third kappa shape index (κ3) is 27.9. The average Bonchev–Trinajstić information content (AvgIpc) is 2.71. The summed E-state index contributed by atoms with van der Waals surface area (Å²) in [6.07, 6.45) is 30.0. The Labute approximate surface area is 185 Å². The third-order valence-electron chi connectivity index (χ3n) is 6.04. The van der Waals surface area contributed by atoms with Crippen LogP contribution in [0.5, 0.6) is 0 Å². The monoisotopic (exact) mass is 411 g/mol. The predicted octanol–water partition coefficient (Wildman–Crippen LogP) is 8.78. The number of hydrogen-bond acceptors (Lipinski definition) is 2. The van der Waals surface area contributed by atoms with E-state index in [-0.39, 0.29) is 0 Å². The molecule has 0 atom stereocenters. The number of rotatable bonds is 25. The van der Waals surface area contributed by atoms with Crippen LogP contribution in [0.3, 0.4) is 0 Å². The van der Waals surface area contributed by atoms with E-state index in [1.807, 2.05) is 0 Å². The Balaban J connectivity index is 2.98. The van der Waals surface area contributed by atoms with Crippen LogP contribution >= 0.6 is 0 Å². The second-order valence-electron chi connectivity index (χ2n) is 9.49. The van der Waals surface area contributed by atoms with Gasteiger partial charge in [0.15, 0.2) is 0 Å². The maximum atomic E-state index is 5.69. The van der Waals surface area contributed by atoms with Crippen LogP contribution in [-0.4, -0.2) is 38.8 Å². The molecule has 0 radical (unpaired) electrons. The first kappa shape index (κ1) is 28.9. The molecule has 0 rings (SSSR count). The van der Waals surface area contributed by atoms with Crippen LogP contribution in [0.2, 0.25) is 0 Å². The second-order valence-corrected chi connectivity index (χ2v) is 9.49. The number of hydrogen-bond donors (Lipinski definition) is 0. The van der Waals surface area contributed by atoms with Gasteiger partial charge in [0, 0.05) is 13.2 Å². The van der Waals surface area contributed by atoms with Gasteiger partial charge >= 0.3 is 0 Å². The highest BCUT2D eigenvalue weighted by molar-refractivity contribution is 4.51. The van der Waals surface area contributed by atoms with Crippen molar-refractivity contribution in [3.63, 3.8) is 0 Å². The highest BCUT2D eigenvalue weighted by Crippen LogP contribution is 2.14. The molecule has 0 saturated heterocycles. The van der Waals surface area contributed by atoms with Crippen molar-refractivity contribution in [1.82, 2.24) is 4.90 Å². The molecule has 0 aromatic rings. The lowest BCUT2D eigenvalue weighted by atomic mass is 10.0. The summed E-state index contributed by atoms with van der Waals surface area (Å²) in [6.45, 7) is 5.33. The van der Waals surface area contributed by atoms with Crippen LogP contribution in [0.15, 0.2) is 0 Å². The zero-order valence-electron chi connectivity index (χ0n) is 20.8. The van der Waals surface area contributed by atoms with Crippen molar-refractivity contribution in [2.24, 2.45) is 0 Å². The van der Waals surface area contributed by atoms with Crippen molar-refractivity contribution >= 4 is 0 Å². The zero-order valence-corrected chi connectivity index (χ0v) is 20.8. The van der Waals surface area contributed by atoms with Crippen molar-refractivity contribution in [2.45, 2.75) is 142 Å². The molecule has 0 heterocycles. The van der Waals surface area contributed by atoms with E-state index in [1.165, 1.54) is 128 Å². The van der Waals surface area contributed by atoms with Crippen molar-refractivity contribution in [3.05, 3.63) is 0 Å². The number of unbranched alkanes of at least 4 members (excludes halogenated alkanes) is 19. The molecule has 0 fully saturated rings. The first-order chi connectivity index (χ1) is 14.3. The van der Waals surface area contributed by atoms with E-state index in [0.717, 1.165) is 26.2 Å². The largest absolute Gasteiger partial charge is 0.381 e. The Morgan fingerprint density at radius 1 is 0.414 bits per heavy atom. The van der Waals surface area contributed by atoms with Gasteiger partial charge < -0.3 is 9.64 Å². The van der Waals surface area contributed by atoms with Gasteiger partial charge in [-0.15, -0.1) is 0 Å². The number of nitrogens with zero attached hydrogens (tertiary/aromatic N) is 1. The first-order valence-electron chi connectivity index (χ1n) is 13.5. The number of ether oxygens (including phenoxy) is 1. The minimum Gasteiger partial charge on any atom is -0.381 e. The molecule has 29 heavy (non-hydrogen) atoms. The van der Waals surface area contributed by atoms with Gasteiger partial charge in [-0.3, -0.25) is 0 Å². The Morgan fingerprint density at radius 2 is 0.724 bits per heavy atom. The van der Waals surface area contributed by atoms with Crippen LogP contribution in [0.1, 0.15) is 142 Å². The molecule has 0 aliphatic heterocycles. The molecular formula is C27H57NO. The van der Waals surface area contributed by atoms with Gasteiger partial charge in [0.25, 0.3) is 0 Å². The molecule has 0 bridgehead atoms. The summed E-state index contributed by atoms with van der Waals surface area (Å²) >= 11 is 0. The summed E-state index contributed by atoms with van der Waals surface area (Å²) in [5.74, 6) is 0. The fourth-order valence-electron chi connectivity index (χ4n) is 4.04. The fraction of sp³-hybridized carbons (Fsp3) is 1.00. The van der Waals surface area contributed by atoms with Gasteiger partial charge in [-0.1, -0.05) is 129 Å². The summed E-state index contributed by atoms with van der Waals surface area (Å²) in [4.78, 5) is 2.22. The lowest BCUT2D eigenvalue weighted by molar-refractivity contribution is 0.122. The van der Waals surface area contributed by atoms with Crippen LogP contribution in [-0.2, 0) is 4.74 Å². The summed E-state index contributed by atoms with van der Waals surface area (Å²) in [7, 11) is 4.25. The Bertz CT molecular complexity index is 280. The molecule has 0 aliphatic rings.